The zero-order chi connectivity index (χ0) is 50.7. The van der Waals surface area contributed by atoms with Gasteiger partial charge in [-0.05, 0) is 67.6 Å². The Morgan fingerprint density at radius 2 is 1.51 bits per heavy atom. The number of carbonyl (C=O) groups excluding carboxylic acids is 9. The Hall–Kier alpha value is -5.79. The van der Waals surface area contributed by atoms with E-state index < -0.39 is 126 Å². The van der Waals surface area contributed by atoms with E-state index in [4.69, 9.17) is 10.5 Å². The number of amides is 8. The Labute approximate surface area is 399 Å². The Morgan fingerprint density at radius 3 is 2.10 bits per heavy atom. The van der Waals surface area contributed by atoms with Crippen LogP contribution in [0.5, 0.6) is 5.75 Å². The first kappa shape index (κ1) is 54.8. The monoisotopic (exact) mass is 955 g/mol. The molecule has 3 saturated heterocycles. The van der Waals surface area contributed by atoms with Crippen LogP contribution < -0.4 is 27.0 Å². The minimum atomic E-state index is -1.59. The van der Waals surface area contributed by atoms with Crippen LogP contribution in [0.3, 0.4) is 0 Å². The molecule has 0 aliphatic carbocycles. The highest BCUT2D eigenvalue weighted by Crippen LogP contribution is 2.31. The average Bonchev–Trinajstić information content (AvgIpc) is 3.61. The molecule has 2 bridgehead atoms. The Morgan fingerprint density at radius 1 is 0.868 bits per heavy atom. The van der Waals surface area contributed by atoms with E-state index >= 15 is 0 Å². The number of piperidine rings is 1. The van der Waals surface area contributed by atoms with Crippen LogP contribution in [-0.4, -0.2) is 146 Å². The lowest BCUT2D eigenvalue weighted by atomic mass is 9.91. The van der Waals surface area contributed by atoms with E-state index in [2.05, 4.69) is 21.3 Å². The van der Waals surface area contributed by atoms with Gasteiger partial charge < -0.3 is 56.7 Å². The largest absolute Gasteiger partial charge is 0.508 e. The lowest BCUT2D eigenvalue weighted by molar-refractivity contribution is -0.168. The zero-order valence-corrected chi connectivity index (χ0v) is 41.0. The highest BCUT2D eigenvalue weighted by atomic mass is 16.5. The molecule has 6 unspecified atom stereocenters. The van der Waals surface area contributed by atoms with Crippen molar-refractivity contribution in [2.24, 2.45) is 29.4 Å². The zero-order valence-electron chi connectivity index (χ0n) is 41.0. The maximum atomic E-state index is 14.9. The van der Waals surface area contributed by atoms with Crippen molar-refractivity contribution in [3.8, 4) is 5.75 Å². The van der Waals surface area contributed by atoms with Crippen molar-refractivity contribution in [3.63, 3.8) is 0 Å². The highest BCUT2D eigenvalue weighted by Gasteiger charge is 2.52. The number of phenolic OH excluding ortho intramolecular Hbond substituents is 1. The van der Waals surface area contributed by atoms with Crippen molar-refractivity contribution >= 4 is 53.2 Å². The fourth-order valence-corrected chi connectivity index (χ4v) is 9.16. The third kappa shape index (κ3) is 13.5. The lowest BCUT2D eigenvalue weighted by Crippen LogP contribution is -2.66. The van der Waals surface area contributed by atoms with Crippen molar-refractivity contribution in [1.82, 2.24) is 36.0 Å². The van der Waals surface area contributed by atoms with Crippen LogP contribution >= 0.6 is 0 Å². The molecule has 3 aliphatic heterocycles. The molecule has 3 heterocycles. The number of fused-ring (bicyclic) bond motifs is 3. The molecular formula is C48H74N8O12. The topological polar surface area (TPSA) is 287 Å². The van der Waals surface area contributed by atoms with Gasteiger partial charge in [0.1, 0.15) is 60.4 Å². The standard InChI is InChI=1S/C48H74N8O12/c1-10-13-36(59)50-31(18-20-35(49)58)45(64)55-24-28(8)41-40(55)44(63)52-33(22-25(4)5)42(61)51-32-19-21-37(60)56(46(32)65)39(27(7)12-3)47(66)54(9)34(23-29-14-16-30(57)17-15-29)43(62)53-38(26(6)11-2)48(67)68-41/h14-17,25-28,31-34,37-41,57,60H,10-13,18-24H2,1-9H3,(H2,49,58)(H,50,59)(H,51,61)(H,52,63)(H,53,62)/t26-,27-,28?,31-,32?,33-,34-,37?,38?,39-,40?,41?/m0/s1. The fourth-order valence-electron chi connectivity index (χ4n) is 9.16. The molecule has 0 aromatic heterocycles. The van der Waals surface area contributed by atoms with E-state index in [0.29, 0.717) is 24.8 Å². The maximum absolute atomic E-state index is 14.9. The number of nitrogens with two attached hydrogens (primary N) is 1. The molecule has 8 N–H and O–H groups in total. The molecule has 4 rings (SSSR count). The third-order valence-corrected chi connectivity index (χ3v) is 13.5. The quantitative estimate of drug-likeness (QED) is 0.121. The number of nitrogens with zero attached hydrogens (tertiary/aromatic N) is 3. The SMILES string of the molecule is CCCC(=O)N[C@@H](CCC(N)=O)C(=O)N1CC(C)C2OC(=O)C([C@@H](C)CC)NC(=O)[C@H](Cc3ccc(O)cc3)N(C)C(=O)[C@H]([C@@H](C)CC)N3C(=O)C(CCC3O)NC(=O)[C@H](CC(C)C)NC(=O)C21. The first-order chi connectivity index (χ1) is 32.0. The number of ether oxygens (including phenoxy) is 1. The van der Waals surface area contributed by atoms with Crippen LogP contribution in [0.4, 0.5) is 0 Å². The number of esters is 1. The van der Waals surface area contributed by atoms with Gasteiger partial charge in [-0.1, -0.05) is 80.4 Å². The normalized spacial score (nSPS) is 27.9. The van der Waals surface area contributed by atoms with Crippen molar-refractivity contribution in [1.29, 1.82) is 0 Å². The van der Waals surface area contributed by atoms with E-state index in [-0.39, 0.29) is 63.2 Å². The summed E-state index contributed by atoms with van der Waals surface area (Å²) in [5.41, 5.74) is 5.99. The predicted molar refractivity (Wildman–Crippen MR) is 248 cm³/mol. The van der Waals surface area contributed by atoms with Crippen molar-refractivity contribution in [2.45, 2.75) is 174 Å². The van der Waals surface area contributed by atoms with Gasteiger partial charge in [-0.25, -0.2) is 4.79 Å². The van der Waals surface area contributed by atoms with Crippen LogP contribution in [0, 0.1) is 23.7 Å². The van der Waals surface area contributed by atoms with Gasteiger partial charge in [-0.15, -0.1) is 0 Å². The molecule has 12 atom stereocenters. The van der Waals surface area contributed by atoms with Crippen molar-refractivity contribution < 1.29 is 58.1 Å². The van der Waals surface area contributed by atoms with Gasteiger partial charge in [-0.2, -0.15) is 0 Å². The molecule has 1 aromatic carbocycles. The van der Waals surface area contributed by atoms with Crippen molar-refractivity contribution in [3.05, 3.63) is 29.8 Å². The molecule has 3 fully saturated rings. The van der Waals surface area contributed by atoms with E-state index in [0.717, 1.165) is 9.80 Å². The molecule has 8 amide bonds. The van der Waals surface area contributed by atoms with Gasteiger partial charge in [0, 0.05) is 38.8 Å². The van der Waals surface area contributed by atoms with Crippen LogP contribution in [0.1, 0.15) is 119 Å². The average molecular weight is 955 g/mol. The summed E-state index contributed by atoms with van der Waals surface area (Å²) in [5.74, 6) is -8.90. The van der Waals surface area contributed by atoms with Gasteiger partial charge in [0.25, 0.3) is 0 Å². The maximum Gasteiger partial charge on any atom is 0.329 e. The predicted octanol–water partition coefficient (Wildman–Crippen LogP) is 0.987. The number of hydrogen-bond donors (Lipinski definition) is 7. The molecule has 20 heteroatoms. The molecular weight excluding hydrogens is 881 g/mol. The number of primary amides is 1. The van der Waals surface area contributed by atoms with Gasteiger partial charge in [0.15, 0.2) is 0 Å². The smallest absolute Gasteiger partial charge is 0.329 e. The van der Waals surface area contributed by atoms with Crippen LogP contribution in [0.2, 0.25) is 0 Å². The Bertz CT molecular complexity index is 2000. The summed E-state index contributed by atoms with van der Waals surface area (Å²) in [6.45, 7) is 13.9. The minimum Gasteiger partial charge on any atom is -0.508 e. The molecule has 1 aromatic rings. The second-order valence-electron chi connectivity index (χ2n) is 19.3. The number of aliphatic hydroxyl groups excluding tert-OH is 1. The molecule has 20 nitrogen and oxygen atoms in total. The summed E-state index contributed by atoms with van der Waals surface area (Å²) in [7, 11) is 1.40. The summed E-state index contributed by atoms with van der Waals surface area (Å²) >= 11 is 0. The summed E-state index contributed by atoms with van der Waals surface area (Å²) < 4.78 is 6.23. The summed E-state index contributed by atoms with van der Waals surface area (Å²) in [6.07, 6.45) is -2.15. The lowest BCUT2D eigenvalue weighted by Gasteiger charge is -2.44. The van der Waals surface area contributed by atoms with Gasteiger partial charge in [0.05, 0.1) is 0 Å². The number of phenols is 1. The molecule has 0 radical (unpaired) electrons. The fraction of sp³-hybridized carbons (Fsp3) is 0.688. The van der Waals surface area contributed by atoms with E-state index in [1.807, 2.05) is 20.8 Å². The molecule has 0 saturated carbocycles. The number of benzene rings is 1. The summed E-state index contributed by atoms with van der Waals surface area (Å²) in [6, 6.07) is -3.46. The number of aromatic hydroxyl groups is 1. The molecule has 378 valence electrons. The van der Waals surface area contributed by atoms with E-state index in [1.54, 1.807) is 46.8 Å². The van der Waals surface area contributed by atoms with E-state index in [1.165, 1.54) is 24.1 Å². The van der Waals surface area contributed by atoms with Gasteiger partial charge in [-0.3, -0.25) is 38.4 Å². The van der Waals surface area contributed by atoms with Crippen molar-refractivity contribution in [2.75, 3.05) is 13.6 Å². The first-order valence-electron chi connectivity index (χ1n) is 24.1. The number of rotatable bonds is 15. The summed E-state index contributed by atoms with van der Waals surface area (Å²) in [4.78, 5) is 131. The second kappa shape index (κ2) is 24.5. The number of hydrogen-bond acceptors (Lipinski definition) is 12. The number of aliphatic hydroxyl groups is 1. The molecule has 3 aliphatic rings. The number of likely N-dealkylation sites (N-methyl/N-ethyl adjacent to an activating group) is 1. The van der Waals surface area contributed by atoms with Gasteiger partial charge in [0.2, 0.25) is 47.3 Å². The molecule has 68 heavy (non-hydrogen) atoms. The number of likely N-dealkylation sites (tertiary alicyclic amines) is 1. The Kier molecular flexibility index (Phi) is 19.7. The second-order valence-corrected chi connectivity index (χ2v) is 19.3. The van der Waals surface area contributed by atoms with Crippen LogP contribution in [-0.2, 0) is 54.3 Å². The van der Waals surface area contributed by atoms with E-state index in [9.17, 15) is 53.4 Å². The third-order valence-electron chi connectivity index (χ3n) is 13.5. The summed E-state index contributed by atoms with van der Waals surface area (Å²) in [5, 5.41) is 32.5. The molecule has 0 spiro atoms. The van der Waals surface area contributed by atoms with Gasteiger partial charge >= 0.3 is 5.97 Å². The highest BCUT2D eigenvalue weighted by molar-refractivity contribution is 5.99. The number of nitrogens with one attached hydrogen (secondary N) is 4. The minimum absolute atomic E-state index is 0.0123. The van der Waals surface area contributed by atoms with Crippen LogP contribution in [0.25, 0.3) is 0 Å². The Balaban J connectivity index is 1.93. The first-order valence-corrected chi connectivity index (χ1v) is 24.1. The number of carbonyl (C=O) groups is 9. The van der Waals surface area contributed by atoms with Crippen LogP contribution in [0.15, 0.2) is 24.3 Å².